The van der Waals surface area contributed by atoms with Crippen molar-refractivity contribution in [2.24, 2.45) is 5.84 Å². The predicted molar refractivity (Wildman–Crippen MR) is 48.0 cm³/mol. The summed E-state index contributed by atoms with van der Waals surface area (Å²) in [4.78, 5) is 15.1. The minimum Gasteiger partial charge on any atom is -0.306 e. The molecule has 0 aromatic carbocycles. The number of nitrogens with two attached hydrogens (primary N) is 1. The van der Waals surface area contributed by atoms with Crippen LogP contribution in [0.3, 0.4) is 0 Å². The molecule has 13 heavy (non-hydrogen) atoms. The Morgan fingerprint density at radius 2 is 2.38 bits per heavy atom. The van der Waals surface area contributed by atoms with Gasteiger partial charge in [0.15, 0.2) is 5.82 Å². The molecule has 2 heterocycles. The van der Waals surface area contributed by atoms with Crippen molar-refractivity contribution in [1.82, 2.24) is 15.2 Å². The summed E-state index contributed by atoms with van der Waals surface area (Å²) in [5.41, 5.74) is 2.38. The molecule has 6 heteroatoms. The first-order valence-electron chi connectivity index (χ1n) is 3.63. The Morgan fingerprint density at radius 3 is 3.15 bits per heavy atom. The van der Waals surface area contributed by atoms with E-state index in [1.165, 1.54) is 6.20 Å². The zero-order chi connectivity index (χ0) is 9.26. The van der Waals surface area contributed by atoms with Gasteiger partial charge in [0.05, 0.1) is 5.39 Å². The number of anilines is 1. The predicted octanol–water partition coefficient (Wildman–Crippen LogP) is -0.396. The number of aromatic amines is 1. The van der Waals surface area contributed by atoms with Crippen LogP contribution < -0.4 is 16.8 Å². The Morgan fingerprint density at radius 1 is 1.54 bits per heavy atom. The van der Waals surface area contributed by atoms with Gasteiger partial charge in [0.25, 0.3) is 5.56 Å². The zero-order valence-corrected chi connectivity index (χ0v) is 6.61. The summed E-state index contributed by atoms with van der Waals surface area (Å²) >= 11 is 0. The lowest BCUT2D eigenvalue weighted by molar-refractivity contribution is 0.996. The average molecular weight is 177 g/mol. The van der Waals surface area contributed by atoms with Crippen LogP contribution in [0.5, 0.6) is 0 Å². The number of H-pyrrole nitrogens is 1. The molecule has 6 nitrogen and oxygen atoms in total. The molecule has 0 aliphatic rings. The molecule has 0 spiro atoms. The first kappa shape index (κ1) is 7.69. The second kappa shape index (κ2) is 2.83. The number of hydrogen-bond acceptors (Lipinski definition) is 5. The van der Waals surface area contributed by atoms with Gasteiger partial charge in [-0.25, -0.2) is 10.9 Å². The molecule has 0 aliphatic heterocycles. The second-order valence-corrected chi connectivity index (χ2v) is 2.45. The van der Waals surface area contributed by atoms with Gasteiger partial charge in [-0.05, 0) is 12.1 Å². The maximum atomic E-state index is 11.2. The molecule has 4 N–H and O–H groups in total. The number of nitrogen functional groups attached to an aromatic ring is 1. The maximum absolute atomic E-state index is 11.2. The van der Waals surface area contributed by atoms with E-state index in [1.54, 1.807) is 12.1 Å². The Labute approximate surface area is 72.8 Å². The van der Waals surface area contributed by atoms with E-state index in [0.29, 0.717) is 16.7 Å². The molecule has 0 saturated carbocycles. The molecule has 0 fully saturated rings. The highest BCUT2D eigenvalue weighted by Gasteiger charge is 2.04. The van der Waals surface area contributed by atoms with Gasteiger partial charge in [-0.1, -0.05) is 0 Å². The summed E-state index contributed by atoms with van der Waals surface area (Å²) in [6.07, 6.45) is 1.54. The number of pyridine rings is 1. The fraction of sp³-hybridized carbons (Fsp3) is 0. The summed E-state index contributed by atoms with van der Waals surface area (Å²) in [7, 11) is 0. The van der Waals surface area contributed by atoms with E-state index in [9.17, 15) is 4.79 Å². The van der Waals surface area contributed by atoms with Gasteiger partial charge in [0.1, 0.15) is 5.52 Å². The summed E-state index contributed by atoms with van der Waals surface area (Å²) in [5, 5.41) is 6.60. The Balaban J connectivity index is 2.93. The third-order valence-electron chi connectivity index (χ3n) is 1.68. The van der Waals surface area contributed by atoms with Crippen molar-refractivity contribution in [2.45, 2.75) is 0 Å². The lowest BCUT2D eigenvalue weighted by atomic mass is 10.3. The minimum absolute atomic E-state index is 0.324. The number of rotatable bonds is 1. The molecule has 0 aliphatic carbocycles. The quantitative estimate of drug-likeness (QED) is 0.407. The van der Waals surface area contributed by atoms with Crippen molar-refractivity contribution in [3.8, 4) is 0 Å². The molecule has 0 radical (unpaired) electrons. The summed E-state index contributed by atoms with van der Waals surface area (Å²) in [6.45, 7) is 0. The van der Waals surface area contributed by atoms with E-state index in [4.69, 9.17) is 5.84 Å². The third-order valence-corrected chi connectivity index (χ3v) is 1.68. The average Bonchev–Trinajstić information content (AvgIpc) is 2.19. The topological polar surface area (TPSA) is 96.7 Å². The van der Waals surface area contributed by atoms with Crippen LogP contribution in [0, 0.1) is 0 Å². The molecule has 0 amide bonds. The molecular formula is C7H7N5O. The maximum Gasteiger partial charge on any atom is 0.290 e. The van der Waals surface area contributed by atoms with E-state index in [1.807, 2.05) is 0 Å². The number of aromatic nitrogens is 3. The number of fused-ring (bicyclic) bond motifs is 1. The lowest BCUT2D eigenvalue weighted by Gasteiger charge is -2.00. The van der Waals surface area contributed by atoms with Crippen LogP contribution in [0.15, 0.2) is 23.1 Å². The first-order chi connectivity index (χ1) is 6.33. The summed E-state index contributed by atoms with van der Waals surface area (Å²) < 4.78 is 0. The smallest absolute Gasteiger partial charge is 0.290 e. The fourth-order valence-electron chi connectivity index (χ4n) is 1.11. The second-order valence-electron chi connectivity index (χ2n) is 2.45. The molecule has 0 unspecified atom stereocenters. The number of hydrogen-bond donors (Lipinski definition) is 3. The van der Waals surface area contributed by atoms with Crippen LogP contribution in [0.2, 0.25) is 0 Å². The normalized spacial score (nSPS) is 10.2. The van der Waals surface area contributed by atoms with Crippen molar-refractivity contribution in [1.29, 1.82) is 0 Å². The van der Waals surface area contributed by atoms with Crippen LogP contribution >= 0.6 is 0 Å². The van der Waals surface area contributed by atoms with Gasteiger partial charge in [-0.2, -0.15) is 5.10 Å². The van der Waals surface area contributed by atoms with Crippen LogP contribution in [-0.2, 0) is 0 Å². The highest BCUT2D eigenvalue weighted by Crippen LogP contribution is 2.12. The van der Waals surface area contributed by atoms with Gasteiger partial charge in [0, 0.05) is 6.20 Å². The molecule has 0 bridgehead atoms. The van der Waals surface area contributed by atoms with Crippen molar-refractivity contribution < 1.29 is 0 Å². The van der Waals surface area contributed by atoms with Gasteiger partial charge in [-0.3, -0.25) is 9.78 Å². The fourth-order valence-corrected chi connectivity index (χ4v) is 1.11. The molecule has 0 atom stereocenters. The zero-order valence-electron chi connectivity index (χ0n) is 6.61. The van der Waals surface area contributed by atoms with Crippen LogP contribution in [0.4, 0.5) is 5.82 Å². The molecule has 2 aromatic rings. The van der Waals surface area contributed by atoms with Crippen LogP contribution in [-0.4, -0.2) is 15.2 Å². The van der Waals surface area contributed by atoms with Crippen molar-refractivity contribution in [3.05, 3.63) is 28.7 Å². The third kappa shape index (κ3) is 1.13. The summed E-state index contributed by atoms with van der Waals surface area (Å²) in [6, 6.07) is 3.43. The number of nitrogens with one attached hydrogen (secondary N) is 2. The SMILES string of the molecule is NNc1n[nH]c(=O)c2ncccc12. The van der Waals surface area contributed by atoms with Crippen molar-refractivity contribution in [2.75, 3.05) is 5.43 Å². The number of nitrogens with zero attached hydrogens (tertiary/aromatic N) is 2. The van der Waals surface area contributed by atoms with E-state index in [2.05, 4.69) is 20.6 Å². The van der Waals surface area contributed by atoms with Crippen molar-refractivity contribution >= 4 is 16.7 Å². The van der Waals surface area contributed by atoms with Gasteiger partial charge in [-0.15, -0.1) is 0 Å². The van der Waals surface area contributed by atoms with E-state index in [0.717, 1.165) is 0 Å². The molecule has 66 valence electrons. The van der Waals surface area contributed by atoms with Crippen LogP contribution in [0.25, 0.3) is 10.9 Å². The van der Waals surface area contributed by atoms with Crippen molar-refractivity contribution in [3.63, 3.8) is 0 Å². The van der Waals surface area contributed by atoms with Gasteiger partial charge >= 0.3 is 0 Å². The first-order valence-corrected chi connectivity index (χ1v) is 3.63. The monoisotopic (exact) mass is 177 g/mol. The van der Waals surface area contributed by atoms with E-state index in [-0.39, 0.29) is 5.56 Å². The van der Waals surface area contributed by atoms with Gasteiger partial charge in [0.2, 0.25) is 0 Å². The van der Waals surface area contributed by atoms with Crippen LogP contribution in [0.1, 0.15) is 0 Å². The minimum atomic E-state index is -0.324. The molecule has 0 saturated heterocycles. The largest absolute Gasteiger partial charge is 0.306 e. The Bertz CT molecular complexity index is 491. The molecular weight excluding hydrogens is 170 g/mol. The number of hydrazine groups is 1. The highest BCUT2D eigenvalue weighted by atomic mass is 16.1. The molecule has 2 aromatic heterocycles. The highest BCUT2D eigenvalue weighted by molar-refractivity contribution is 5.87. The van der Waals surface area contributed by atoms with Gasteiger partial charge < -0.3 is 5.43 Å². The Hall–Kier alpha value is -1.95. The van der Waals surface area contributed by atoms with E-state index < -0.39 is 0 Å². The standard InChI is InChI=1S/C7H7N5O/c8-10-6-4-2-1-3-9-5(4)7(13)12-11-6/h1-3H,8H2,(H,10,11)(H,12,13). The lowest BCUT2D eigenvalue weighted by Crippen LogP contribution is -2.16. The van der Waals surface area contributed by atoms with E-state index >= 15 is 0 Å². The summed E-state index contributed by atoms with van der Waals surface area (Å²) in [5.74, 6) is 5.61. The Kier molecular flexibility index (Phi) is 1.67. The molecule has 2 rings (SSSR count).